The number of likely N-dealkylation sites (N-methyl/N-ethyl adjacent to an activating group) is 1. The molecule has 1 aromatic carbocycles. The van der Waals surface area contributed by atoms with Crippen LogP contribution in [0.5, 0.6) is 5.75 Å². The lowest BCUT2D eigenvalue weighted by molar-refractivity contribution is -0.117. The van der Waals surface area contributed by atoms with Gasteiger partial charge in [0.2, 0.25) is 5.91 Å². The number of carbonyl (C=O) groups excluding carboxylic acids is 2. The highest BCUT2D eigenvalue weighted by Crippen LogP contribution is 2.31. The van der Waals surface area contributed by atoms with Gasteiger partial charge in [-0.05, 0) is 55.7 Å². The first-order valence-electron chi connectivity index (χ1n) is 8.78. The fourth-order valence-corrected chi connectivity index (χ4v) is 2.71. The van der Waals surface area contributed by atoms with Gasteiger partial charge in [0.25, 0.3) is 0 Å². The minimum absolute atomic E-state index is 0.0914. The van der Waals surface area contributed by atoms with E-state index in [0.29, 0.717) is 11.1 Å². The molecule has 1 N–H and O–H groups in total. The molecule has 1 atom stereocenters. The van der Waals surface area contributed by atoms with E-state index in [1.807, 2.05) is 24.3 Å². The predicted octanol–water partition coefficient (Wildman–Crippen LogP) is 4.34. The number of hydrogen-bond donors (Lipinski definition) is 1. The van der Waals surface area contributed by atoms with Crippen LogP contribution >= 0.6 is 0 Å². The lowest BCUT2D eigenvalue weighted by atomic mass is 9.87. The molecule has 0 aliphatic rings. The molecule has 4 nitrogen and oxygen atoms in total. The van der Waals surface area contributed by atoms with Crippen LogP contribution in [0.1, 0.15) is 45.6 Å². The largest absolute Gasteiger partial charge is 0.497 e. The summed E-state index contributed by atoms with van der Waals surface area (Å²) in [5.74, 6) is 0.697. The van der Waals surface area contributed by atoms with Crippen molar-refractivity contribution < 1.29 is 14.3 Å². The van der Waals surface area contributed by atoms with Crippen LogP contribution < -0.4 is 10.1 Å². The molecule has 4 heteroatoms. The average Bonchev–Trinajstić information content (AvgIpc) is 2.68. The molecule has 0 aliphatic heterocycles. The van der Waals surface area contributed by atoms with Crippen molar-refractivity contribution in [2.45, 2.75) is 40.0 Å². The summed E-state index contributed by atoms with van der Waals surface area (Å²) in [6.45, 7) is 7.96. The minimum Gasteiger partial charge on any atom is -0.497 e. The Hall–Kier alpha value is -2.62. The topological polar surface area (TPSA) is 55.4 Å². The van der Waals surface area contributed by atoms with E-state index in [-0.39, 0.29) is 11.8 Å². The number of rotatable bonds is 8. The van der Waals surface area contributed by atoms with Crippen LogP contribution in [0.2, 0.25) is 0 Å². The molecule has 0 aliphatic carbocycles. The maximum atomic E-state index is 11.7. The molecule has 0 bridgehead atoms. The Labute approximate surface area is 156 Å². The normalized spacial score (nSPS) is 14.4. The van der Waals surface area contributed by atoms with Gasteiger partial charge in [0.05, 0.1) is 7.11 Å². The number of benzene rings is 1. The molecule has 140 valence electrons. The summed E-state index contributed by atoms with van der Waals surface area (Å²) < 4.78 is 5.32. The number of aldehydes is 1. The molecule has 1 amide bonds. The Morgan fingerprint density at radius 1 is 1.27 bits per heavy atom. The molecular weight excluding hydrogens is 326 g/mol. The number of nitrogens with one attached hydrogen (secondary N) is 1. The summed E-state index contributed by atoms with van der Waals surface area (Å²) >= 11 is 0. The Kier molecular flexibility index (Phi) is 8.56. The summed E-state index contributed by atoms with van der Waals surface area (Å²) in [6.07, 6.45) is 5.16. The summed E-state index contributed by atoms with van der Waals surface area (Å²) in [4.78, 5) is 23.3. The molecule has 0 radical (unpaired) electrons. The second kappa shape index (κ2) is 10.4. The molecule has 0 fully saturated rings. The van der Waals surface area contributed by atoms with Gasteiger partial charge in [0, 0.05) is 24.1 Å². The first-order valence-corrected chi connectivity index (χ1v) is 8.78. The van der Waals surface area contributed by atoms with Crippen LogP contribution in [0.4, 0.5) is 0 Å². The van der Waals surface area contributed by atoms with Gasteiger partial charge in [0.15, 0.2) is 0 Å². The second-order valence-corrected chi connectivity index (χ2v) is 6.26. The van der Waals surface area contributed by atoms with Gasteiger partial charge >= 0.3 is 0 Å². The van der Waals surface area contributed by atoms with Gasteiger partial charge in [-0.3, -0.25) is 9.59 Å². The van der Waals surface area contributed by atoms with Crippen molar-refractivity contribution in [3.05, 3.63) is 64.3 Å². The van der Waals surface area contributed by atoms with Crippen molar-refractivity contribution >= 4 is 12.2 Å². The Bertz CT molecular complexity index is 742. The van der Waals surface area contributed by atoms with E-state index in [4.69, 9.17) is 4.74 Å². The Morgan fingerprint density at radius 2 is 1.96 bits per heavy atom. The number of methoxy groups -OCH3 is 1. The molecule has 0 heterocycles. The molecule has 0 aromatic heterocycles. The van der Waals surface area contributed by atoms with Gasteiger partial charge in [-0.1, -0.05) is 31.6 Å². The number of ether oxygens (including phenoxy) is 1. The third-order valence-electron chi connectivity index (χ3n) is 4.51. The van der Waals surface area contributed by atoms with Gasteiger partial charge < -0.3 is 10.1 Å². The van der Waals surface area contributed by atoms with E-state index in [9.17, 15) is 9.59 Å². The quantitative estimate of drug-likeness (QED) is 0.429. The zero-order valence-electron chi connectivity index (χ0n) is 16.6. The average molecular weight is 355 g/mol. The van der Waals surface area contributed by atoms with Gasteiger partial charge in [0.1, 0.15) is 12.0 Å². The van der Waals surface area contributed by atoms with Crippen LogP contribution in [0.3, 0.4) is 0 Å². The molecule has 1 unspecified atom stereocenters. The molecular formula is C22H29NO3. The van der Waals surface area contributed by atoms with Crippen molar-refractivity contribution in [1.82, 2.24) is 5.32 Å². The maximum absolute atomic E-state index is 11.7. The summed E-state index contributed by atoms with van der Waals surface area (Å²) in [7, 11) is 3.22. The lowest BCUT2D eigenvalue weighted by Crippen LogP contribution is -2.18. The van der Waals surface area contributed by atoms with Crippen LogP contribution in [0.15, 0.2) is 58.7 Å². The molecule has 1 rings (SSSR count). The second-order valence-electron chi connectivity index (χ2n) is 6.26. The SMILES string of the molecule is CC/C(C)=C(/C=C(C=O)\C=C(/C)C(=O)NC)C(C)c1cccc(OC)c1. The van der Waals surface area contributed by atoms with E-state index in [1.165, 1.54) is 5.57 Å². The van der Waals surface area contributed by atoms with E-state index in [0.717, 1.165) is 29.6 Å². The fraction of sp³-hybridized carbons (Fsp3) is 0.364. The van der Waals surface area contributed by atoms with Gasteiger partial charge in [-0.25, -0.2) is 0 Å². The number of amides is 1. The third kappa shape index (κ3) is 5.73. The van der Waals surface area contributed by atoms with Crippen molar-refractivity contribution in [3.8, 4) is 5.75 Å². The Morgan fingerprint density at radius 3 is 2.50 bits per heavy atom. The molecule has 0 spiro atoms. The van der Waals surface area contributed by atoms with Crippen LogP contribution in [0, 0.1) is 0 Å². The standard InChI is InChI=1S/C22H29NO3/c1-7-15(2)21(12-18(14-24)11-16(3)22(25)23-5)17(4)19-9-8-10-20(13-19)26-6/h8-14,17H,7H2,1-6H3,(H,23,25)/b16-11+,18-12+,21-15-. The van der Waals surface area contributed by atoms with E-state index in [2.05, 4.69) is 32.2 Å². The number of allylic oxidation sites excluding steroid dienone is 5. The highest BCUT2D eigenvalue weighted by Gasteiger charge is 2.14. The van der Waals surface area contributed by atoms with Crippen molar-refractivity contribution in [1.29, 1.82) is 0 Å². The molecule has 0 saturated heterocycles. The van der Waals surface area contributed by atoms with Crippen LogP contribution in [-0.4, -0.2) is 26.4 Å². The first-order chi connectivity index (χ1) is 12.4. The zero-order valence-corrected chi connectivity index (χ0v) is 16.6. The van der Waals surface area contributed by atoms with Crippen LogP contribution in [-0.2, 0) is 9.59 Å². The van der Waals surface area contributed by atoms with E-state index in [1.54, 1.807) is 27.2 Å². The number of carbonyl (C=O) groups is 2. The summed E-state index contributed by atoms with van der Waals surface area (Å²) in [5, 5.41) is 2.57. The smallest absolute Gasteiger partial charge is 0.246 e. The first kappa shape index (κ1) is 21.4. The third-order valence-corrected chi connectivity index (χ3v) is 4.51. The lowest BCUT2D eigenvalue weighted by Gasteiger charge is -2.18. The van der Waals surface area contributed by atoms with E-state index < -0.39 is 0 Å². The molecule has 26 heavy (non-hydrogen) atoms. The monoisotopic (exact) mass is 355 g/mol. The van der Waals surface area contributed by atoms with E-state index >= 15 is 0 Å². The van der Waals surface area contributed by atoms with Crippen molar-refractivity contribution in [2.75, 3.05) is 14.2 Å². The van der Waals surface area contributed by atoms with Crippen molar-refractivity contribution in [3.63, 3.8) is 0 Å². The zero-order chi connectivity index (χ0) is 19.7. The summed E-state index contributed by atoms with van der Waals surface area (Å²) in [5.41, 5.74) is 4.35. The Balaban J connectivity index is 3.37. The fourth-order valence-electron chi connectivity index (χ4n) is 2.71. The maximum Gasteiger partial charge on any atom is 0.246 e. The molecule has 1 aromatic rings. The number of hydrogen-bond acceptors (Lipinski definition) is 3. The van der Waals surface area contributed by atoms with Gasteiger partial charge in [-0.15, -0.1) is 0 Å². The van der Waals surface area contributed by atoms with Gasteiger partial charge in [-0.2, -0.15) is 0 Å². The van der Waals surface area contributed by atoms with Crippen LogP contribution in [0.25, 0.3) is 0 Å². The highest BCUT2D eigenvalue weighted by atomic mass is 16.5. The minimum atomic E-state index is -0.198. The highest BCUT2D eigenvalue weighted by molar-refractivity contribution is 5.95. The summed E-state index contributed by atoms with van der Waals surface area (Å²) in [6, 6.07) is 7.93. The van der Waals surface area contributed by atoms with Crippen molar-refractivity contribution in [2.24, 2.45) is 0 Å². The molecule has 0 saturated carbocycles. The predicted molar refractivity (Wildman–Crippen MR) is 106 cm³/mol.